The first-order valence-electron chi connectivity index (χ1n) is 9.41. The highest BCUT2D eigenvalue weighted by Crippen LogP contribution is 2.32. The molecule has 146 valence electrons. The molecule has 2 N–H and O–H groups in total. The van der Waals surface area contributed by atoms with Crippen LogP contribution < -0.4 is 15.2 Å². The Kier molecular flexibility index (Phi) is 5.89. The van der Waals surface area contributed by atoms with Crippen LogP contribution in [-0.4, -0.2) is 25.2 Å². The van der Waals surface area contributed by atoms with Crippen molar-refractivity contribution in [3.05, 3.63) is 77.9 Å². The molecule has 1 aromatic heterocycles. The molecule has 0 saturated carbocycles. The van der Waals surface area contributed by atoms with Gasteiger partial charge in [0, 0.05) is 12.1 Å². The van der Waals surface area contributed by atoms with E-state index in [1.165, 1.54) is 0 Å². The van der Waals surface area contributed by atoms with Crippen LogP contribution in [0.4, 0.5) is 0 Å². The first kappa shape index (κ1) is 19.2. The van der Waals surface area contributed by atoms with Gasteiger partial charge in [-0.1, -0.05) is 48.6 Å². The quantitative estimate of drug-likeness (QED) is 0.416. The number of fused-ring (bicyclic) bond motifs is 1. The van der Waals surface area contributed by atoms with Crippen LogP contribution >= 0.6 is 11.3 Å². The average molecular weight is 403 g/mol. The van der Waals surface area contributed by atoms with Gasteiger partial charge in [0.15, 0.2) is 0 Å². The predicted molar refractivity (Wildman–Crippen MR) is 122 cm³/mol. The molecule has 4 nitrogen and oxygen atoms in total. The standard InChI is InChI=1S/C24H22N2O2S/c1-27-21-12-13-22-23(16-21)29-24(26-22)19-8-4-17(5-9-19)2-3-18-6-10-20(11-7-18)28-15-14-25/h2-13,16H,14-15,25H2,1H3. The Hall–Kier alpha value is -3.15. The number of nitrogens with zero attached hydrogens (tertiary/aromatic N) is 1. The summed E-state index contributed by atoms with van der Waals surface area (Å²) in [5, 5.41) is 1.01. The van der Waals surface area contributed by atoms with Crippen LogP contribution in [0.15, 0.2) is 66.7 Å². The van der Waals surface area contributed by atoms with Crippen molar-refractivity contribution in [1.82, 2.24) is 4.98 Å². The highest BCUT2D eigenvalue weighted by atomic mass is 32.1. The van der Waals surface area contributed by atoms with Crippen molar-refractivity contribution in [2.24, 2.45) is 5.73 Å². The average Bonchev–Trinajstić information content (AvgIpc) is 3.20. The van der Waals surface area contributed by atoms with Crippen molar-refractivity contribution in [1.29, 1.82) is 0 Å². The van der Waals surface area contributed by atoms with E-state index in [1.54, 1.807) is 18.4 Å². The predicted octanol–water partition coefficient (Wildman–Crippen LogP) is 5.48. The highest BCUT2D eigenvalue weighted by molar-refractivity contribution is 7.21. The fraction of sp³-hybridized carbons (Fsp3) is 0.125. The normalized spacial score (nSPS) is 11.2. The van der Waals surface area contributed by atoms with E-state index in [-0.39, 0.29) is 0 Å². The fourth-order valence-corrected chi connectivity index (χ4v) is 3.94. The summed E-state index contributed by atoms with van der Waals surface area (Å²) in [6.07, 6.45) is 4.19. The van der Waals surface area contributed by atoms with Gasteiger partial charge in [0.25, 0.3) is 0 Å². The summed E-state index contributed by atoms with van der Waals surface area (Å²) in [5.41, 5.74) is 9.82. The lowest BCUT2D eigenvalue weighted by atomic mass is 10.1. The molecule has 0 radical (unpaired) electrons. The summed E-state index contributed by atoms with van der Waals surface area (Å²) in [4.78, 5) is 4.74. The molecule has 0 bridgehead atoms. The van der Waals surface area contributed by atoms with Crippen molar-refractivity contribution < 1.29 is 9.47 Å². The number of hydrogen-bond acceptors (Lipinski definition) is 5. The summed E-state index contributed by atoms with van der Waals surface area (Å²) in [7, 11) is 1.68. The Bertz CT molecular complexity index is 1120. The second-order valence-electron chi connectivity index (χ2n) is 6.51. The molecule has 4 rings (SSSR count). The van der Waals surface area contributed by atoms with Crippen LogP contribution in [0.1, 0.15) is 11.1 Å². The molecule has 0 aliphatic heterocycles. The van der Waals surface area contributed by atoms with Gasteiger partial charge in [-0.2, -0.15) is 0 Å². The van der Waals surface area contributed by atoms with Gasteiger partial charge in [0.2, 0.25) is 0 Å². The van der Waals surface area contributed by atoms with Crippen molar-refractivity contribution in [2.45, 2.75) is 0 Å². The zero-order valence-electron chi connectivity index (χ0n) is 16.2. The Balaban J connectivity index is 1.47. The van der Waals surface area contributed by atoms with Gasteiger partial charge < -0.3 is 15.2 Å². The lowest BCUT2D eigenvalue weighted by Gasteiger charge is -2.04. The van der Waals surface area contributed by atoms with Gasteiger partial charge in [0.05, 0.1) is 17.3 Å². The molecule has 1 heterocycles. The Morgan fingerprint density at radius 1 is 0.897 bits per heavy atom. The largest absolute Gasteiger partial charge is 0.497 e. The SMILES string of the molecule is COc1ccc2nc(-c3ccc(C=Cc4ccc(OCCN)cc4)cc3)sc2c1. The Labute approximate surface area is 174 Å². The van der Waals surface area contributed by atoms with Crippen molar-refractivity contribution in [3.63, 3.8) is 0 Å². The molecular formula is C24H22N2O2S. The number of ether oxygens (including phenoxy) is 2. The van der Waals surface area contributed by atoms with Crippen LogP contribution in [0.25, 0.3) is 32.9 Å². The summed E-state index contributed by atoms with van der Waals surface area (Å²) < 4.78 is 11.9. The number of nitrogens with two attached hydrogens (primary N) is 1. The zero-order chi connectivity index (χ0) is 20.1. The number of thiazole rings is 1. The smallest absolute Gasteiger partial charge is 0.124 e. The first-order chi connectivity index (χ1) is 14.2. The number of hydrogen-bond donors (Lipinski definition) is 1. The van der Waals surface area contributed by atoms with Crippen LogP contribution in [0.5, 0.6) is 11.5 Å². The van der Waals surface area contributed by atoms with Crippen molar-refractivity contribution >= 4 is 33.7 Å². The van der Waals surface area contributed by atoms with Gasteiger partial charge in [-0.3, -0.25) is 0 Å². The van der Waals surface area contributed by atoms with Crippen LogP contribution in [-0.2, 0) is 0 Å². The summed E-state index contributed by atoms with van der Waals surface area (Å²) >= 11 is 1.67. The Morgan fingerprint density at radius 3 is 2.21 bits per heavy atom. The summed E-state index contributed by atoms with van der Waals surface area (Å²) in [6.45, 7) is 1.05. The van der Waals surface area contributed by atoms with Gasteiger partial charge in [-0.15, -0.1) is 11.3 Å². The van der Waals surface area contributed by atoms with E-state index in [2.05, 4.69) is 36.4 Å². The molecular weight excluding hydrogens is 380 g/mol. The van der Waals surface area contributed by atoms with Gasteiger partial charge in [-0.25, -0.2) is 4.98 Å². The Morgan fingerprint density at radius 2 is 1.55 bits per heavy atom. The monoisotopic (exact) mass is 402 g/mol. The van der Waals surface area contributed by atoms with E-state index in [9.17, 15) is 0 Å². The maximum absolute atomic E-state index is 5.50. The zero-order valence-corrected chi connectivity index (χ0v) is 17.0. The number of benzene rings is 3. The maximum Gasteiger partial charge on any atom is 0.124 e. The summed E-state index contributed by atoms with van der Waals surface area (Å²) in [5.74, 6) is 1.69. The van der Waals surface area contributed by atoms with Crippen LogP contribution in [0.3, 0.4) is 0 Å². The van der Waals surface area contributed by atoms with E-state index in [1.807, 2.05) is 42.5 Å². The third kappa shape index (κ3) is 4.65. The molecule has 0 aliphatic rings. The highest BCUT2D eigenvalue weighted by Gasteiger charge is 2.07. The minimum Gasteiger partial charge on any atom is -0.497 e. The van der Waals surface area contributed by atoms with Crippen LogP contribution in [0.2, 0.25) is 0 Å². The molecule has 0 atom stereocenters. The van der Waals surface area contributed by atoms with E-state index >= 15 is 0 Å². The molecule has 0 aliphatic carbocycles. The molecule has 5 heteroatoms. The molecule has 0 unspecified atom stereocenters. The lowest BCUT2D eigenvalue weighted by Crippen LogP contribution is -2.10. The molecule has 0 fully saturated rings. The molecule has 0 saturated heterocycles. The minimum atomic E-state index is 0.517. The molecule has 29 heavy (non-hydrogen) atoms. The topological polar surface area (TPSA) is 57.4 Å². The first-order valence-corrected chi connectivity index (χ1v) is 10.2. The number of methoxy groups -OCH3 is 1. The third-order valence-electron chi connectivity index (χ3n) is 4.49. The van der Waals surface area contributed by atoms with Crippen LogP contribution in [0, 0.1) is 0 Å². The van der Waals surface area contributed by atoms with Gasteiger partial charge >= 0.3 is 0 Å². The molecule has 0 spiro atoms. The van der Waals surface area contributed by atoms with E-state index in [0.29, 0.717) is 13.2 Å². The van der Waals surface area contributed by atoms with Gasteiger partial charge in [0.1, 0.15) is 23.1 Å². The lowest BCUT2D eigenvalue weighted by molar-refractivity contribution is 0.328. The third-order valence-corrected chi connectivity index (χ3v) is 5.56. The fourth-order valence-electron chi connectivity index (χ4n) is 2.94. The molecule has 4 aromatic rings. The number of aromatic nitrogens is 1. The van der Waals surface area contributed by atoms with E-state index in [0.717, 1.165) is 43.4 Å². The second-order valence-corrected chi connectivity index (χ2v) is 7.54. The van der Waals surface area contributed by atoms with E-state index < -0.39 is 0 Å². The number of rotatable bonds is 7. The maximum atomic E-state index is 5.50. The second kappa shape index (κ2) is 8.90. The van der Waals surface area contributed by atoms with Crippen molar-refractivity contribution in [3.8, 4) is 22.1 Å². The van der Waals surface area contributed by atoms with Gasteiger partial charge in [-0.05, 0) is 41.5 Å². The van der Waals surface area contributed by atoms with E-state index in [4.69, 9.17) is 20.2 Å². The van der Waals surface area contributed by atoms with Crippen molar-refractivity contribution in [2.75, 3.05) is 20.3 Å². The molecule has 0 amide bonds. The summed E-state index contributed by atoms with van der Waals surface area (Å²) in [6, 6.07) is 22.4. The minimum absolute atomic E-state index is 0.517. The molecule has 3 aromatic carbocycles.